The molecule has 9 nitrogen and oxygen atoms in total. The Kier molecular flexibility index (Phi) is 8.10. The van der Waals surface area contributed by atoms with Crippen molar-refractivity contribution >= 4 is 27.8 Å². The zero-order valence-electron chi connectivity index (χ0n) is 25.3. The molecule has 10 heteroatoms. The number of nitrogens with zero attached hydrogens (tertiary/aromatic N) is 4. The standard InChI is InChI=1S/C32H40N4O5S/c1-8-24-19-36(42(38,39)28-12-10-9-11-27(28)41-24)18-23-17-22(14-13-20(23)2)29(32(4,5)31(37)40-7)25-15-16-26-30(21(25)3)33-34-35(26)6/h9-17,24,29,38-39H,8,18-19H2,1-7H3. The Labute approximate surface area is 248 Å². The van der Waals surface area contributed by atoms with Crippen LogP contribution in [0.5, 0.6) is 5.75 Å². The molecule has 2 N–H and O–H groups in total. The van der Waals surface area contributed by atoms with Crippen LogP contribution in [0.4, 0.5) is 0 Å². The zero-order chi connectivity index (χ0) is 30.4. The second-order valence-corrected chi connectivity index (χ2v) is 13.6. The Morgan fingerprint density at radius 1 is 1.17 bits per heavy atom. The molecule has 0 spiro atoms. The van der Waals surface area contributed by atoms with Gasteiger partial charge in [-0.2, -0.15) is 4.31 Å². The minimum atomic E-state index is -3.32. The van der Waals surface area contributed by atoms with Gasteiger partial charge in [-0.3, -0.25) is 13.9 Å². The summed E-state index contributed by atoms with van der Waals surface area (Å²) in [6.07, 6.45) is 0.523. The summed E-state index contributed by atoms with van der Waals surface area (Å²) in [7, 11) is -0.0515. The first-order chi connectivity index (χ1) is 19.9. The van der Waals surface area contributed by atoms with Gasteiger partial charge in [0.2, 0.25) is 0 Å². The maximum Gasteiger partial charge on any atom is 0.312 e. The number of ether oxygens (including phenoxy) is 2. The van der Waals surface area contributed by atoms with Crippen LogP contribution < -0.4 is 4.74 Å². The van der Waals surface area contributed by atoms with Crippen molar-refractivity contribution < 1.29 is 23.4 Å². The first-order valence-electron chi connectivity index (χ1n) is 14.2. The largest absolute Gasteiger partial charge is 0.487 e. The van der Waals surface area contributed by atoms with Gasteiger partial charge >= 0.3 is 5.97 Å². The van der Waals surface area contributed by atoms with Crippen molar-refractivity contribution in [3.8, 4) is 5.75 Å². The molecule has 0 amide bonds. The van der Waals surface area contributed by atoms with Crippen LogP contribution in [-0.4, -0.2) is 54.1 Å². The van der Waals surface area contributed by atoms with Crippen molar-refractivity contribution in [2.24, 2.45) is 12.5 Å². The molecule has 2 heterocycles. The lowest BCUT2D eigenvalue weighted by Gasteiger charge is -2.42. The highest BCUT2D eigenvalue weighted by molar-refractivity contribution is 8.22. The van der Waals surface area contributed by atoms with E-state index in [0.717, 1.165) is 45.3 Å². The molecule has 4 aromatic rings. The Hall–Kier alpha value is -3.44. The number of carbonyl (C=O) groups excluding carboxylic acids is 1. The maximum absolute atomic E-state index is 13.2. The summed E-state index contributed by atoms with van der Waals surface area (Å²) in [6.45, 7) is 10.5. The Balaban J connectivity index is 1.62. The van der Waals surface area contributed by atoms with Gasteiger partial charge in [-0.05, 0) is 80.1 Å². The van der Waals surface area contributed by atoms with Gasteiger partial charge in [0.1, 0.15) is 22.3 Å². The van der Waals surface area contributed by atoms with E-state index in [1.165, 1.54) is 7.11 Å². The molecular formula is C32H40N4O5S. The highest BCUT2D eigenvalue weighted by Crippen LogP contribution is 2.57. The number of rotatable bonds is 7. The van der Waals surface area contributed by atoms with Gasteiger partial charge in [-0.15, -0.1) is 15.9 Å². The summed E-state index contributed by atoms with van der Waals surface area (Å²) in [4.78, 5) is 13.6. The summed E-state index contributed by atoms with van der Waals surface area (Å²) < 4.78 is 38.1. The Morgan fingerprint density at radius 3 is 2.62 bits per heavy atom. The number of methoxy groups -OCH3 is 1. The lowest BCUT2D eigenvalue weighted by molar-refractivity contribution is -0.151. The molecule has 0 bridgehead atoms. The first kappa shape index (κ1) is 30.0. The molecule has 3 aromatic carbocycles. The van der Waals surface area contributed by atoms with E-state index in [4.69, 9.17) is 9.47 Å². The molecule has 0 fully saturated rings. The summed E-state index contributed by atoms with van der Waals surface area (Å²) in [5.41, 5.74) is 5.56. The van der Waals surface area contributed by atoms with E-state index in [2.05, 4.69) is 16.4 Å². The number of para-hydroxylation sites is 1. The monoisotopic (exact) mass is 592 g/mol. The van der Waals surface area contributed by atoms with E-state index in [0.29, 0.717) is 23.7 Å². The van der Waals surface area contributed by atoms with E-state index in [1.807, 2.05) is 72.0 Å². The molecule has 1 aliphatic heterocycles. The smallest absolute Gasteiger partial charge is 0.312 e. The summed E-state index contributed by atoms with van der Waals surface area (Å²) in [5.74, 6) is -0.186. The number of hydrogen-bond donors (Lipinski definition) is 2. The molecule has 224 valence electrons. The van der Waals surface area contributed by atoms with E-state index in [1.54, 1.807) is 27.2 Å². The predicted molar refractivity (Wildman–Crippen MR) is 165 cm³/mol. The van der Waals surface area contributed by atoms with Crippen molar-refractivity contribution in [1.29, 1.82) is 0 Å². The van der Waals surface area contributed by atoms with Gasteiger partial charge < -0.3 is 9.47 Å². The molecule has 2 unspecified atom stereocenters. The van der Waals surface area contributed by atoms with Crippen LogP contribution in [0, 0.1) is 19.3 Å². The van der Waals surface area contributed by atoms with Crippen LogP contribution in [0.2, 0.25) is 0 Å². The molecule has 5 rings (SSSR count). The number of aryl methyl sites for hydroxylation is 3. The lowest BCUT2D eigenvalue weighted by atomic mass is 9.69. The SMILES string of the molecule is CCC1CN(Cc2cc(C(c3ccc4c(nnn4C)c3C)C(C)(C)C(=O)OC)ccc2C)S(O)(O)c2ccccc2O1. The highest BCUT2D eigenvalue weighted by atomic mass is 32.3. The minimum Gasteiger partial charge on any atom is -0.487 e. The molecule has 1 aliphatic rings. The van der Waals surface area contributed by atoms with Gasteiger partial charge in [0.25, 0.3) is 0 Å². The van der Waals surface area contributed by atoms with Crippen molar-refractivity contribution in [2.45, 2.75) is 64.5 Å². The van der Waals surface area contributed by atoms with Gasteiger partial charge in [0.15, 0.2) is 0 Å². The fraction of sp³-hybridized carbons (Fsp3) is 0.406. The number of hydrogen-bond acceptors (Lipinski definition) is 8. The highest BCUT2D eigenvalue weighted by Gasteiger charge is 2.41. The number of benzene rings is 3. The molecule has 0 saturated carbocycles. The second kappa shape index (κ2) is 11.3. The quantitative estimate of drug-likeness (QED) is 0.231. The zero-order valence-corrected chi connectivity index (χ0v) is 26.1. The van der Waals surface area contributed by atoms with Gasteiger partial charge in [0.05, 0.1) is 24.6 Å². The number of carbonyl (C=O) groups is 1. The first-order valence-corrected chi connectivity index (χ1v) is 15.7. The second-order valence-electron chi connectivity index (χ2n) is 11.6. The maximum atomic E-state index is 13.2. The third-order valence-electron chi connectivity index (χ3n) is 8.54. The fourth-order valence-electron chi connectivity index (χ4n) is 5.99. The van der Waals surface area contributed by atoms with Crippen LogP contribution in [0.3, 0.4) is 0 Å². The summed E-state index contributed by atoms with van der Waals surface area (Å²) in [6, 6.07) is 17.3. The molecule has 42 heavy (non-hydrogen) atoms. The third-order valence-corrected chi connectivity index (χ3v) is 10.5. The number of esters is 1. The van der Waals surface area contributed by atoms with E-state index in [9.17, 15) is 13.9 Å². The van der Waals surface area contributed by atoms with Crippen LogP contribution in [-0.2, 0) is 23.1 Å². The molecule has 0 radical (unpaired) electrons. The van der Waals surface area contributed by atoms with E-state index in [-0.39, 0.29) is 18.0 Å². The Morgan fingerprint density at radius 2 is 1.90 bits per heavy atom. The number of aromatic nitrogens is 3. The van der Waals surface area contributed by atoms with E-state index < -0.39 is 16.2 Å². The van der Waals surface area contributed by atoms with Crippen LogP contribution in [0.15, 0.2) is 59.5 Å². The van der Waals surface area contributed by atoms with Gasteiger partial charge in [-0.1, -0.05) is 48.5 Å². The predicted octanol–water partition coefficient (Wildman–Crippen LogP) is 6.61. The minimum absolute atomic E-state index is 0.198. The summed E-state index contributed by atoms with van der Waals surface area (Å²) in [5, 5.41) is 8.59. The van der Waals surface area contributed by atoms with Crippen LogP contribution >= 0.6 is 10.8 Å². The topological polar surface area (TPSA) is 110 Å². The fourth-order valence-corrected chi connectivity index (χ4v) is 7.61. The van der Waals surface area contributed by atoms with Crippen molar-refractivity contribution in [3.05, 3.63) is 82.4 Å². The van der Waals surface area contributed by atoms with Crippen LogP contribution in [0.25, 0.3) is 11.0 Å². The lowest BCUT2D eigenvalue weighted by Crippen LogP contribution is -2.35. The van der Waals surface area contributed by atoms with E-state index >= 15 is 0 Å². The average molecular weight is 593 g/mol. The molecular weight excluding hydrogens is 552 g/mol. The normalized spacial score (nSPS) is 18.5. The molecule has 0 saturated heterocycles. The summed E-state index contributed by atoms with van der Waals surface area (Å²) >= 11 is 0. The Bertz CT molecular complexity index is 1630. The molecule has 2 atom stereocenters. The molecule has 1 aromatic heterocycles. The van der Waals surface area contributed by atoms with Crippen molar-refractivity contribution in [2.75, 3.05) is 13.7 Å². The van der Waals surface area contributed by atoms with Crippen molar-refractivity contribution in [1.82, 2.24) is 19.3 Å². The third kappa shape index (κ3) is 5.17. The van der Waals surface area contributed by atoms with Crippen LogP contribution in [0.1, 0.15) is 60.9 Å². The van der Waals surface area contributed by atoms with Gasteiger partial charge in [0, 0.05) is 19.5 Å². The van der Waals surface area contributed by atoms with Gasteiger partial charge in [-0.25, -0.2) is 4.68 Å². The van der Waals surface area contributed by atoms with Crippen molar-refractivity contribution in [3.63, 3.8) is 0 Å². The molecule has 0 aliphatic carbocycles. The number of fused-ring (bicyclic) bond motifs is 2. The average Bonchev–Trinajstić information content (AvgIpc) is 3.30.